The van der Waals surface area contributed by atoms with Gasteiger partial charge in [0.25, 0.3) is 0 Å². The van der Waals surface area contributed by atoms with Crippen LogP contribution in [-0.2, 0) is 21.4 Å². The molecule has 27 heavy (non-hydrogen) atoms. The van der Waals surface area contributed by atoms with E-state index in [0.717, 1.165) is 28.5 Å². The Labute approximate surface area is 162 Å². The molecular formula is C21H28N2O3S. The third kappa shape index (κ3) is 5.10. The predicted octanol–water partition coefficient (Wildman–Crippen LogP) is 3.47. The van der Waals surface area contributed by atoms with Crippen LogP contribution in [0.4, 0.5) is 5.69 Å². The van der Waals surface area contributed by atoms with E-state index in [1.807, 2.05) is 70.2 Å². The number of benzene rings is 2. The van der Waals surface area contributed by atoms with Crippen LogP contribution < -0.4 is 9.62 Å². The van der Waals surface area contributed by atoms with Crippen molar-refractivity contribution >= 4 is 21.6 Å². The van der Waals surface area contributed by atoms with E-state index in [4.69, 9.17) is 0 Å². The van der Waals surface area contributed by atoms with E-state index in [9.17, 15) is 13.2 Å². The summed E-state index contributed by atoms with van der Waals surface area (Å²) in [5, 5.41) is 2.90. The summed E-state index contributed by atoms with van der Waals surface area (Å²) in [6.45, 7) is 7.93. The first-order chi connectivity index (χ1) is 12.6. The minimum Gasteiger partial charge on any atom is -0.350 e. The van der Waals surface area contributed by atoms with Crippen LogP contribution in [0.25, 0.3) is 0 Å². The SMILES string of the molecule is CC[C@@H](C(=O)NCc1ccccc1C)N(c1cc(C)ccc1C)S(C)(=O)=O. The Morgan fingerprint density at radius 1 is 1.07 bits per heavy atom. The molecule has 0 spiro atoms. The lowest BCUT2D eigenvalue weighted by atomic mass is 10.1. The van der Waals surface area contributed by atoms with E-state index in [2.05, 4.69) is 5.32 Å². The van der Waals surface area contributed by atoms with Crippen LogP contribution >= 0.6 is 0 Å². The summed E-state index contributed by atoms with van der Waals surface area (Å²) in [7, 11) is -3.63. The Bertz CT molecular complexity index is 923. The van der Waals surface area contributed by atoms with Gasteiger partial charge in [0.05, 0.1) is 11.9 Å². The molecular weight excluding hydrogens is 360 g/mol. The molecule has 1 amide bonds. The van der Waals surface area contributed by atoms with E-state index in [1.54, 1.807) is 0 Å². The van der Waals surface area contributed by atoms with Gasteiger partial charge in [-0.2, -0.15) is 0 Å². The van der Waals surface area contributed by atoms with E-state index < -0.39 is 16.1 Å². The van der Waals surface area contributed by atoms with Crippen molar-refractivity contribution in [3.8, 4) is 0 Å². The van der Waals surface area contributed by atoms with Gasteiger partial charge in [0.2, 0.25) is 15.9 Å². The Morgan fingerprint density at radius 3 is 2.33 bits per heavy atom. The van der Waals surface area contributed by atoms with Crippen LogP contribution in [-0.4, -0.2) is 26.6 Å². The summed E-state index contributed by atoms with van der Waals surface area (Å²) in [4.78, 5) is 12.9. The van der Waals surface area contributed by atoms with Crippen molar-refractivity contribution in [3.05, 3.63) is 64.7 Å². The lowest BCUT2D eigenvalue weighted by Gasteiger charge is -2.31. The lowest BCUT2D eigenvalue weighted by Crippen LogP contribution is -2.49. The predicted molar refractivity (Wildman–Crippen MR) is 110 cm³/mol. The molecule has 0 fully saturated rings. The second-order valence-electron chi connectivity index (χ2n) is 6.92. The van der Waals surface area contributed by atoms with Crippen LogP contribution in [0.1, 0.15) is 35.6 Å². The molecule has 0 aliphatic carbocycles. The molecule has 0 unspecified atom stereocenters. The molecule has 1 N–H and O–H groups in total. The van der Waals surface area contributed by atoms with Gasteiger partial charge in [0.1, 0.15) is 6.04 Å². The molecule has 2 rings (SSSR count). The topological polar surface area (TPSA) is 66.5 Å². The zero-order chi connectivity index (χ0) is 20.2. The maximum Gasteiger partial charge on any atom is 0.244 e. The first-order valence-electron chi connectivity index (χ1n) is 9.04. The molecule has 2 aromatic carbocycles. The summed E-state index contributed by atoms with van der Waals surface area (Å²) in [5.74, 6) is -0.299. The molecule has 0 aromatic heterocycles. The Balaban J connectivity index is 2.33. The van der Waals surface area contributed by atoms with Crippen molar-refractivity contribution in [2.24, 2.45) is 0 Å². The summed E-state index contributed by atoms with van der Waals surface area (Å²) in [5.41, 5.74) is 4.41. The third-order valence-electron chi connectivity index (χ3n) is 4.65. The number of carbonyl (C=O) groups is 1. The molecule has 0 radical (unpaired) electrons. The fourth-order valence-corrected chi connectivity index (χ4v) is 4.36. The van der Waals surface area contributed by atoms with Crippen molar-refractivity contribution in [2.75, 3.05) is 10.6 Å². The Hall–Kier alpha value is -2.34. The van der Waals surface area contributed by atoms with Gasteiger partial charge in [-0.15, -0.1) is 0 Å². The third-order valence-corrected chi connectivity index (χ3v) is 5.81. The molecule has 0 aliphatic rings. The highest BCUT2D eigenvalue weighted by Crippen LogP contribution is 2.27. The number of rotatable bonds is 7. The second kappa shape index (κ2) is 8.57. The van der Waals surface area contributed by atoms with Crippen molar-refractivity contribution in [1.29, 1.82) is 0 Å². The quantitative estimate of drug-likeness (QED) is 0.790. The monoisotopic (exact) mass is 388 g/mol. The number of amides is 1. The highest BCUT2D eigenvalue weighted by Gasteiger charge is 2.32. The Morgan fingerprint density at radius 2 is 1.74 bits per heavy atom. The first-order valence-corrected chi connectivity index (χ1v) is 10.9. The molecule has 2 aromatic rings. The van der Waals surface area contributed by atoms with Crippen molar-refractivity contribution < 1.29 is 13.2 Å². The molecule has 0 saturated carbocycles. The summed E-state index contributed by atoms with van der Waals surface area (Å²) in [6.07, 6.45) is 1.52. The maximum absolute atomic E-state index is 12.9. The van der Waals surface area contributed by atoms with Gasteiger partial charge in [0.15, 0.2) is 0 Å². The summed E-state index contributed by atoms with van der Waals surface area (Å²) >= 11 is 0. The molecule has 0 heterocycles. The lowest BCUT2D eigenvalue weighted by molar-refractivity contribution is -0.122. The van der Waals surface area contributed by atoms with Gasteiger partial charge in [-0.3, -0.25) is 9.10 Å². The normalized spacial score (nSPS) is 12.5. The number of nitrogens with zero attached hydrogens (tertiary/aromatic N) is 1. The van der Waals surface area contributed by atoms with Crippen LogP contribution in [0.15, 0.2) is 42.5 Å². The zero-order valence-corrected chi connectivity index (χ0v) is 17.4. The van der Waals surface area contributed by atoms with Gasteiger partial charge in [-0.1, -0.05) is 43.3 Å². The van der Waals surface area contributed by atoms with Crippen molar-refractivity contribution in [2.45, 2.75) is 46.7 Å². The standard InChI is InChI=1S/C21H28N2O3S/c1-6-19(21(24)22-14-18-10-8-7-9-16(18)3)23(27(5,25)26)20-13-15(2)11-12-17(20)4/h7-13,19H,6,14H2,1-5H3,(H,22,24)/t19-/m0/s1. The zero-order valence-electron chi connectivity index (χ0n) is 16.6. The molecule has 6 heteroatoms. The minimum absolute atomic E-state index is 0.299. The largest absolute Gasteiger partial charge is 0.350 e. The highest BCUT2D eigenvalue weighted by molar-refractivity contribution is 7.92. The first kappa shape index (κ1) is 21.0. The van der Waals surface area contributed by atoms with E-state index in [-0.39, 0.29) is 5.91 Å². The summed E-state index contributed by atoms with van der Waals surface area (Å²) < 4.78 is 26.4. The number of sulfonamides is 1. The number of hydrogen-bond donors (Lipinski definition) is 1. The second-order valence-corrected chi connectivity index (χ2v) is 8.78. The van der Waals surface area contributed by atoms with Gasteiger partial charge >= 0.3 is 0 Å². The van der Waals surface area contributed by atoms with Gasteiger partial charge in [-0.05, 0) is 55.5 Å². The van der Waals surface area contributed by atoms with Gasteiger partial charge in [-0.25, -0.2) is 8.42 Å². The van der Waals surface area contributed by atoms with E-state index in [0.29, 0.717) is 18.7 Å². The minimum atomic E-state index is -3.63. The number of hydrogen-bond acceptors (Lipinski definition) is 3. The van der Waals surface area contributed by atoms with Crippen molar-refractivity contribution in [1.82, 2.24) is 5.32 Å². The van der Waals surface area contributed by atoms with Crippen LogP contribution in [0.2, 0.25) is 0 Å². The molecule has 5 nitrogen and oxygen atoms in total. The fraction of sp³-hybridized carbons (Fsp3) is 0.381. The van der Waals surface area contributed by atoms with Crippen LogP contribution in [0, 0.1) is 20.8 Å². The number of anilines is 1. The average Bonchev–Trinajstić information content (AvgIpc) is 2.60. The smallest absolute Gasteiger partial charge is 0.244 e. The number of nitrogens with one attached hydrogen (secondary N) is 1. The van der Waals surface area contributed by atoms with E-state index >= 15 is 0 Å². The maximum atomic E-state index is 12.9. The number of carbonyl (C=O) groups excluding carboxylic acids is 1. The molecule has 0 bridgehead atoms. The molecule has 146 valence electrons. The van der Waals surface area contributed by atoms with Crippen molar-refractivity contribution in [3.63, 3.8) is 0 Å². The molecule has 0 saturated heterocycles. The summed E-state index contributed by atoms with van der Waals surface area (Å²) in [6, 6.07) is 12.6. The van der Waals surface area contributed by atoms with Gasteiger partial charge < -0.3 is 5.32 Å². The average molecular weight is 389 g/mol. The highest BCUT2D eigenvalue weighted by atomic mass is 32.2. The molecule has 0 aliphatic heterocycles. The number of aryl methyl sites for hydroxylation is 3. The van der Waals surface area contributed by atoms with E-state index in [1.165, 1.54) is 4.31 Å². The van der Waals surface area contributed by atoms with Crippen LogP contribution in [0.3, 0.4) is 0 Å². The Kier molecular flexibility index (Phi) is 6.65. The van der Waals surface area contributed by atoms with Crippen LogP contribution in [0.5, 0.6) is 0 Å². The fourth-order valence-electron chi connectivity index (χ4n) is 3.10. The van der Waals surface area contributed by atoms with Gasteiger partial charge in [0, 0.05) is 6.54 Å². The molecule has 1 atom stereocenters.